The van der Waals surface area contributed by atoms with Gasteiger partial charge in [0.25, 0.3) is 0 Å². The Morgan fingerprint density at radius 2 is 2.00 bits per heavy atom. The van der Waals surface area contributed by atoms with Gasteiger partial charge in [-0.1, -0.05) is 12.5 Å². The SMILES string of the molecule is C=CC(=O)N1CC[C@H](n2nc(C#Cc3cc(OC)cc(OC)c3)c(C(N)O)c2N)C1. The number of aliphatic hydroxyl groups is 1. The summed E-state index contributed by atoms with van der Waals surface area (Å²) in [6.07, 6.45) is 0.615. The van der Waals surface area contributed by atoms with E-state index < -0.39 is 6.23 Å². The van der Waals surface area contributed by atoms with Gasteiger partial charge in [0.05, 0.1) is 25.8 Å². The summed E-state index contributed by atoms with van der Waals surface area (Å²) in [5, 5.41) is 14.5. The number of amides is 1. The van der Waals surface area contributed by atoms with Gasteiger partial charge in [-0.2, -0.15) is 5.10 Å². The Labute approximate surface area is 174 Å². The fourth-order valence-electron chi connectivity index (χ4n) is 3.40. The molecule has 158 valence electrons. The Bertz CT molecular complexity index is 996. The maximum Gasteiger partial charge on any atom is 0.246 e. The van der Waals surface area contributed by atoms with E-state index in [2.05, 4.69) is 23.5 Å². The first-order valence-electron chi connectivity index (χ1n) is 9.35. The second-order valence-corrected chi connectivity index (χ2v) is 6.82. The molecule has 1 aliphatic rings. The van der Waals surface area contributed by atoms with Crippen molar-refractivity contribution in [2.24, 2.45) is 5.73 Å². The van der Waals surface area contributed by atoms with Crippen LogP contribution in [0.15, 0.2) is 30.9 Å². The quantitative estimate of drug-likeness (QED) is 0.377. The summed E-state index contributed by atoms with van der Waals surface area (Å²) in [7, 11) is 3.11. The van der Waals surface area contributed by atoms with Gasteiger partial charge in [-0.3, -0.25) is 4.79 Å². The molecule has 1 fully saturated rings. The molecule has 3 rings (SSSR count). The molecule has 0 saturated carbocycles. The van der Waals surface area contributed by atoms with Gasteiger partial charge in [-0.25, -0.2) is 4.68 Å². The van der Waals surface area contributed by atoms with Gasteiger partial charge in [0.2, 0.25) is 5.91 Å². The number of anilines is 1. The number of rotatable bonds is 5. The number of nitrogens with zero attached hydrogens (tertiary/aromatic N) is 3. The number of aliphatic hydroxyl groups excluding tert-OH is 1. The Hall–Kier alpha value is -3.48. The molecule has 0 bridgehead atoms. The van der Waals surface area contributed by atoms with Crippen LogP contribution in [0.4, 0.5) is 5.82 Å². The van der Waals surface area contributed by atoms with Crippen molar-refractivity contribution in [3.05, 3.63) is 47.7 Å². The predicted molar refractivity (Wildman–Crippen MR) is 112 cm³/mol. The molecule has 9 heteroatoms. The Balaban J connectivity index is 1.96. The zero-order chi connectivity index (χ0) is 21.8. The lowest BCUT2D eigenvalue weighted by atomic mass is 10.1. The van der Waals surface area contributed by atoms with Gasteiger partial charge in [-0.15, -0.1) is 0 Å². The molecule has 1 aromatic heterocycles. The van der Waals surface area contributed by atoms with E-state index in [-0.39, 0.29) is 29.0 Å². The third kappa shape index (κ3) is 4.25. The number of likely N-dealkylation sites (tertiary alicyclic amines) is 1. The average molecular weight is 411 g/mol. The van der Waals surface area contributed by atoms with E-state index in [1.165, 1.54) is 6.08 Å². The largest absolute Gasteiger partial charge is 0.497 e. The number of benzene rings is 1. The molecule has 30 heavy (non-hydrogen) atoms. The highest BCUT2D eigenvalue weighted by Gasteiger charge is 2.30. The summed E-state index contributed by atoms with van der Waals surface area (Å²) in [6.45, 7) is 4.53. The molecular weight excluding hydrogens is 386 g/mol. The lowest BCUT2D eigenvalue weighted by molar-refractivity contribution is -0.125. The van der Waals surface area contributed by atoms with E-state index in [0.717, 1.165) is 0 Å². The maximum absolute atomic E-state index is 11.9. The van der Waals surface area contributed by atoms with Crippen LogP contribution < -0.4 is 20.9 Å². The summed E-state index contributed by atoms with van der Waals surface area (Å²) < 4.78 is 12.1. The highest BCUT2D eigenvalue weighted by molar-refractivity contribution is 5.87. The molecule has 0 spiro atoms. The van der Waals surface area contributed by atoms with Crippen LogP contribution in [0.1, 0.15) is 35.5 Å². The van der Waals surface area contributed by atoms with Crippen LogP contribution in [0.3, 0.4) is 0 Å². The zero-order valence-corrected chi connectivity index (χ0v) is 17.0. The minimum Gasteiger partial charge on any atom is -0.497 e. The smallest absolute Gasteiger partial charge is 0.246 e. The van der Waals surface area contributed by atoms with Crippen molar-refractivity contribution in [3.8, 4) is 23.3 Å². The highest BCUT2D eigenvalue weighted by Crippen LogP contribution is 2.29. The minimum absolute atomic E-state index is 0.140. The summed E-state index contributed by atoms with van der Waals surface area (Å²) in [5.41, 5.74) is 13.1. The third-order valence-electron chi connectivity index (χ3n) is 4.95. The van der Waals surface area contributed by atoms with E-state index in [1.807, 2.05) is 0 Å². The molecule has 2 aromatic rings. The molecular formula is C21H25N5O4. The summed E-state index contributed by atoms with van der Waals surface area (Å²) in [4.78, 5) is 13.5. The first kappa shape index (κ1) is 21.2. The van der Waals surface area contributed by atoms with Crippen molar-refractivity contribution in [2.45, 2.75) is 18.7 Å². The number of nitrogen functional groups attached to an aromatic ring is 1. The normalized spacial score (nSPS) is 16.5. The maximum atomic E-state index is 11.9. The molecule has 0 radical (unpaired) electrons. The zero-order valence-electron chi connectivity index (χ0n) is 17.0. The fourth-order valence-corrected chi connectivity index (χ4v) is 3.40. The van der Waals surface area contributed by atoms with Crippen LogP contribution in [-0.4, -0.2) is 53.0 Å². The number of ether oxygens (including phenoxy) is 2. The molecule has 1 aliphatic heterocycles. The molecule has 5 N–H and O–H groups in total. The van der Waals surface area contributed by atoms with Gasteiger partial charge in [0.1, 0.15) is 29.2 Å². The van der Waals surface area contributed by atoms with Crippen LogP contribution in [0, 0.1) is 11.8 Å². The number of aromatic nitrogens is 2. The molecule has 1 unspecified atom stereocenters. The van der Waals surface area contributed by atoms with E-state index in [4.69, 9.17) is 20.9 Å². The summed E-state index contributed by atoms with van der Waals surface area (Å²) >= 11 is 0. The second-order valence-electron chi connectivity index (χ2n) is 6.82. The van der Waals surface area contributed by atoms with Crippen LogP contribution >= 0.6 is 0 Å². The Morgan fingerprint density at radius 3 is 2.57 bits per heavy atom. The third-order valence-corrected chi connectivity index (χ3v) is 4.95. The molecule has 0 aliphatic carbocycles. The van der Waals surface area contributed by atoms with Crippen molar-refractivity contribution in [2.75, 3.05) is 33.0 Å². The monoisotopic (exact) mass is 411 g/mol. The number of nitrogens with two attached hydrogens (primary N) is 2. The van der Waals surface area contributed by atoms with Crippen molar-refractivity contribution < 1.29 is 19.4 Å². The van der Waals surface area contributed by atoms with E-state index >= 15 is 0 Å². The topological polar surface area (TPSA) is 129 Å². The number of hydrogen-bond acceptors (Lipinski definition) is 7. The summed E-state index contributed by atoms with van der Waals surface area (Å²) in [5.74, 6) is 7.20. The summed E-state index contributed by atoms with van der Waals surface area (Å²) in [6, 6.07) is 5.11. The number of hydrogen-bond donors (Lipinski definition) is 3. The standard InChI is InChI=1S/C21H25N5O4/c1-4-18(27)25-8-7-14(12-25)26-20(22)19(21(23)28)17(24-26)6-5-13-9-15(29-2)11-16(10-13)30-3/h4,9-11,14,21,28H,1,7-8,12,22-23H2,2-3H3/t14-,21?/m0/s1. The predicted octanol–water partition coefficient (Wildman–Crippen LogP) is 0.791. The van der Waals surface area contributed by atoms with E-state index in [1.54, 1.807) is 42.0 Å². The number of carbonyl (C=O) groups excluding carboxylic acids is 1. The first-order chi connectivity index (χ1) is 14.4. The van der Waals surface area contributed by atoms with Gasteiger partial charge in [0.15, 0.2) is 0 Å². The first-order valence-corrected chi connectivity index (χ1v) is 9.35. The molecule has 1 saturated heterocycles. The Morgan fingerprint density at radius 1 is 1.33 bits per heavy atom. The second kappa shape index (κ2) is 8.90. The van der Waals surface area contributed by atoms with Crippen molar-refractivity contribution in [1.29, 1.82) is 0 Å². The number of methoxy groups -OCH3 is 2. The van der Waals surface area contributed by atoms with Crippen molar-refractivity contribution >= 4 is 11.7 Å². The molecule has 2 heterocycles. The van der Waals surface area contributed by atoms with E-state index in [9.17, 15) is 9.90 Å². The van der Waals surface area contributed by atoms with E-state index in [0.29, 0.717) is 36.6 Å². The average Bonchev–Trinajstić information content (AvgIpc) is 3.35. The highest BCUT2D eigenvalue weighted by atomic mass is 16.5. The molecule has 9 nitrogen and oxygen atoms in total. The van der Waals surface area contributed by atoms with Gasteiger partial charge in [0, 0.05) is 24.7 Å². The van der Waals surface area contributed by atoms with Crippen LogP contribution in [0.5, 0.6) is 11.5 Å². The Kier molecular flexibility index (Phi) is 6.30. The van der Waals surface area contributed by atoms with Crippen LogP contribution in [0.2, 0.25) is 0 Å². The molecule has 1 amide bonds. The lowest BCUT2D eigenvalue weighted by Gasteiger charge is -2.15. The molecule has 1 aromatic carbocycles. The van der Waals surface area contributed by atoms with Gasteiger partial charge >= 0.3 is 0 Å². The minimum atomic E-state index is -1.34. The fraction of sp³-hybridized carbons (Fsp3) is 0.333. The van der Waals surface area contributed by atoms with Gasteiger partial charge in [-0.05, 0) is 30.6 Å². The van der Waals surface area contributed by atoms with Gasteiger partial charge < -0.3 is 30.9 Å². The molecule has 2 atom stereocenters. The van der Waals surface area contributed by atoms with Crippen molar-refractivity contribution in [1.82, 2.24) is 14.7 Å². The van der Waals surface area contributed by atoms with Crippen molar-refractivity contribution in [3.63, 3.8) is 0 Å². The van der Waals surface area contributed by atoms with Crippen LogP contribution in [0.25, 0.3) is 0 Å². The van der Waals surface area contributed by atoms with Crippen LogP contribution in [-0.2, 0) is 4.79 Å². The number of carbonyl (C=O) groups is 1. The lowest BCUT2D eigenvalue weighted by Crippen LogP contribution is -2.27.